The lowest BCUT2D eigenvalue weighted by atomic mass is 10.4. The van der Waals surface area contributed by atoms with Crippen LogP contribution in [0.4, 0.5) is 0 Å². The summed E-state index contributed by atoms with van der Waals surface area (Å²) in [6.45, 7) is 0.792. The van der Waals surface area contributed by atoms with Gasteiger partial charge < -0.3 is 14.3 Å². The Labute approximate surface area is 91.4 Å². The quantitative estimate of drug-likeness (QED) is 0.862. The molecule has 2 aromatic heterocycles. The molecule has 0 fully saturated rings. The van der Waals surface area contributed by atoms with E-state index in [0.717, 1.165) is 6.54 Å². The lowest BCUT2D eigenvalue weighted by Crippen LogP contribution is -2.10. The highest BCUT2D eigenvalue weighted by atomic mass is 35.5. The van der Waals surface area contributed by atoms with Crippen molar-refractivity contribution in [2.45, 2.75) is 6.42 Å². The van der Waals surface area contributed by atoms with Crippen LogP contribution in [0.5, 0.6) is 0 Å². The smallest absolute Gasteiger partial charge is 0.238 e. The maximum atomic E-state index is 5.64. The Hall–Kier alpha value is -1.33. The molecule has 0 saturated heterocycles. The van der Waals surface area contributed by atoms with Gasteiger partial charge in [0, 0.05) is 13.0 Å². The Kier molecular flexibility index (Phi) is 3.03. The van der Waals surface area contributed by atoms with Crippen LogP contribution in [0.1, 0.15) is 5.89 Å². The molecule has 2 aromatic rings. The molecule has 0 aliphatic rings. The molecule has 0 radical (unpaired) electrons. The van der Waals surface area contributed by atoms with Crippen molar-refractivity contribution in [1.29, 1.82) is 0 Å². The third kappa shape index (κ3) is 2.37. The average molecular weight is 228 g/mol. The second-order valence-corrected chi connectivity index (χ2v) is 3.34. The first-order chi connectivity index (χ1) is 7.29. The highest BCUT2D eigenvalue weighted by molar-refractivity contribution is 6.28. The van der Waals surface area contributed by atoms with Crippen molar-refractivity contribution in [3.8, 4) is 11.6 Å². The summed E-state index contributed by atoms with van der Waals surface area (Å²) in [5, 5.41) is 7.10. The lowest BCUT2D eigenvalue weighted by Gasteiger charge is -1.90. The van der Waals surface area contributed by atoms with Crippen molar-refractivity contribution in [3.05, 3.63) is 23.2 Å². The molecule has 0 bridgehead atoms. The molecule has 0 saturated carbocycles. The first-order valence-electron chi connectivity index (χ1n) is 4.52. The molecule has 15 heavy (non-hydrogen) atoms. The van der Waals surface area contributed by atoms with E-state index >= 15 is 0 Å². The van der Waals surface area contributed by atoms with Gasteiger partial charge in [-0.25, -0.2) is 0 Å². The van der Waals surface area contributed by atoms with Gasteiger partial charge in [-0.15, -0.1) is 0 Å². The second-order valence-electron chi connectivity index (χ2n) is 2.97. The number of nitrogens with one attached hydrogen (secondary N) is 1. The highest BCUT2D eigenvalue weighted by Gasteiger charge is 2.11. The molecular weight excluding hydrogens is 218 g/mol. The minimum absolute atomic E-state index is 0.312. The molecule has 0 aromatic carbocycles. The molecule has 2 rings (SSSR count). The van der Waals surface area contributed by atoms with Crippen molar-refractivity contribution in [1.82, 2.24) is 15.5 Å². The Bertz CT molecular complexity index is 438. The number of nitrogens with zero attached hydrogens (tertiary/aromatic N) is 2. The van der Waals surface area contributed by atoms with E-state index in [-0.39, 0.29) is 0 Å². The minimum Gasteiger partial charge on any atom is -0.441 e. The lowest BCUT2D eigenvalue weighted by molar-refractivity contribution is 0.376. The molecule has 0 amide bonds. The molecule has 1 N–H and O–H groups in total. The van der Waals surface area contributed by atoms with Crippen molar-refractivity contribution in [2.24, 2.45) is 0 Å². The van der Waals surface area contributed by atoms with Crippen LogP contribution < -0.4 is 5.32 Å². The number of rotatable bonds is 4. The standard InChI is InChI=1S/C9H10ClN3O2/c1-11-5-4-8-12-9(13-15-8)6-2-3-7(10)14-6/h2-3,11H,4-5H2,1H3. The van der Waals surface area contributed by atoms with Gasteiger partial charge in [0.25, 0.3) is 0 Å². The molecule has 0 atom stereocenters. The van der Waals surface area contributed by atoms with Gasteiger partial charge in [-0.3, -0.25) is 0 Å². The van der Waals surface area contributed by atoms with Crippen molar-refractivity contribution in [2.75, 3.05) is 13.6 Å². The molecule has 0 unspecified atom stereocenters. The maximum Gasteiger partial charge on any atom is 0.238 e. The van der Waals surface area contributed by atoms with Crippen molar-refractivity contribution in [3.63, 3.8) is 0 Å². The zero-order chi connectivity index (χ0) is 10.7. The summed E-state index contributed by atoms with van der Waals surface area (Å²) < 4.78 is 10.2. The number of hydrogen-bond donors (Lipinski definition) is 1. The van der Waals surface area contributed by atoms with Crippen LogP contribution in [-0.2, 0) is 6.42 Å². The van der Waals surface area contributed by atoms with Crippen LogP contribution in [0.3, 0.4) is 0 Å². The van der Waals surface area contributed by atoms with E-state index in [0.29, 0.717) is 29.1 Å². The third-order valence-electron chi connectivity index (χ3n) is 1.85. The molecule has 0 spiro atoms. The van der Waals surface area contributed by atoms with Gasteiger partial charge in [0.1, 0.15) is 0 Å². The Balaban J connectivity index is 2.13. The fourth-order valence-corrected chi connectivity index (χ4v) is 1.27. The molecule has 0 aliphatic heterocycles. The summed E-state index contributed by atoms with van der Waals surface area (Å²) in [6.07, 6.45) is 0.692. The normalized spacial score (nSPS) is 10.8. The van der Waals surface area contributed by atoms with Gasteiger partial charge in [0.05, 0.1) is 0 Å². The predicted octanol–water partition coefficient (Wildman–Crippen LogP) is 1.74. The van der Waals surface area contributed by atoms with Crippen LogP contribution in [0, 0.1) is 0 Å². The first kappa shape index (κ1) is 10.2. The Morgan fingerprint density at radius 2 is 2.33 bits per heavy atom. The van der Waals surface area contributed by atoms with E-state index < -0.39 is 0 Å². The number of hydrogen-bond acceptors (Lipinski definition) is 5. The van der Waals surface area contributed by atoms with Gasteiger partial charge in [-0.2, -0.15) is 4.98 Å². The van der Waals surface area contributed by atoms with Gasteiger partial charge >= 0.3 is 0 Å². The Morgan fingerprint density at radius 1 is 1.47 bits per heavy atom. The van der Waals surface area contributed by atoms with E-state index in [9.17, 15) is 0 Å². The number of halogens is 1. The molecular formula is C9H10ClN3O2. The zero-order valence-electron chi connectivity index (χ0n) is 8.16. The molecule has 2 heterocycles. The van der Waals surface area contributed by atoms with Crippen molar-refractivity contribution < 1.29 is 8.94 Å². The summed E-state index contributed by atoms with van der Waals surface area (Å²) in [6, 6.07) is 3.34. The summed E-state index contributed by atoms with van der Waals surface area (Å²) in [4.78, 5) is 4.16. The van der Waals surface area contributed by atoms with E-state index in [1.807, 2.05) is 7.05 Å². The van der Waals surface area contributed by atoms with Crippen LogP contribution >= 0.6 is 11.6 Å². The monoisotopic (exact) mass is 227 g/mol. The van der Waals surface area contributed by atoms with E-state index in [1.54, 1.807) is 12.1 Å². The fourth-order valence-electron chi connectivity index (χ4n) is 1.12. The SMILES string of the molecule is CNCCc1nc(-c2ccc(Cl)o2)no1. The number of furan rings is 1. The molecule has 0 aliphatic carbocycles. The first-order valence-corrected chi connectivity index (χ1v) is 4.90. The van der Waals surface area contributed by atoms with Gasteiger partial charge in [0.2, 0.25) is 11.7 Å². The van der Waals surface area contributed by atoms with Gasteiger partial charge in [0.15, 0.2) is 11.0 Å². The van der Waals surface area contributed by atoms with Crippen molar-refractivity contribution >= 4 is 11.6 Å². The van der Waals surface area contributed by atoms with Gasteiger partial charge in [-0.1, -0.05) is 5.16 Å². The van der Waals surface area contributed by atoms with Crippen LogP contribution in [0.25, 0.3) is 11.6 Å². The van der Waals surface area contributed by atoms with E-state index in [2.05, 4.69) is 15.5 Å². The fraction of sp³-hybridized carbons (Fsp3) is 0.333. The van der Waals surface area contributed by atoms with Gasteiger partial charge in [-0.05, 0) is 30.8 Å². The Morgan fingerprint density at radius 3 is 3.00 bits per heavy atom. The van der Waals surface area contributed by atoms with Crippen LogP contribution in [0.2, 0.25) is 5.22 Å². The third-order valence-corrected chi connectivity index (χ3v) is 2.05. The number of likely N-dealkylation sites (N-methyl/N-ethyl adjacent to an activating group) is 1. The summed E-state index contributed by atoms with van der Waals surface area (Å²) in [7, 11) is 1.86. The van der Waals surface area contributed by atoms with Crippen LogP contribution in [0.15, 0.2) is 21.1 Å². The molecule has 5 nitrogen and oxygen atoms in total. The van der Waals surface area contributed by atoms with E-state index in [4.69, 9.17) is 20.5 Å². The minimum atomic E-state index is 0.312. The number of aromatic nitrogens is 2. The zero-order valence-corrected chi connectivity index (χ0v) is 8.91. The summed E-state index contributed by atoms with van der Waals surface area (Å²) >= 11 is 5.64. The topological polar surface area (TPSA) is 64.1 Å². The second kappa shape index (κ2) is 4.46. The summed E-state index contributed by atoms with van der Waals surface area (Å²) in [5.41, 5.74) is 0. The summed E-state index contributed by atoms with van der Waals surface area (Å²) in [5.74, 6) is 1.51. The molecule has 80 valence electrons. The average Bonchev–Trinajstić information content (AvgIpc) is 2.83. The van der Waals surface area contributed by atoms with Crippen LogP contribution in [-0.4, -0.2) is 23.7 Å². The maximum absolute atomic E-state index is 5.64. The largest absolute Gasteiger partial charge is 0.441 e. The predicted molar refractivity (Wildman–Crippen MR) is 54.6 cm³/mol. The molecule has 6 heteroatoms. The highest BCUT2D eigenvalue weighted by Crippen LogP contribution is 2.21. The van der Waals surface area contributed by atoms with E-state index in [1.165, 1.54) is 0 Å².